The molecule has 166 valence electrons. The number of aryl methyl sites for hydroxylation is 3. The molecule has 0 unspecified atom stereocenters. The number of hydrogen-bond donors (Lipinski definition) is 1. The highest BCUT2D eigenvalue weighted by molar-refractivity contribution is 5.98. The van der Waals surface area contributed by atoms with Crippen molar-refractivity contribution >= 4 is 23.7 Å². The summed E-state index contributed by atoms with van der Waals surface area (Å²) in [5.41, 5.74) is 9.97. The summed E-state index contributed by atoms with van der Waals surface area (Å²) in [5, 5.41) is 8.88. The minimum absolute atomic E-state index is 0.200. The summed E-state index contributed by atoms with van der Waals surface area (Å²) < 4.78 is 44.6. The summed E-state index contributed by atoms with van der Waals surface area (Å²) in [6, 6.07) is 7.51. The fourth-order valence-corrected chi connectivity index (χ4v) is 3.54. The first kappa shape index (κ1) is 21.3. The largest absolute Gasteiger partial charge is 0.573 e. The fourth-order valence-electron chi connectivity index (χ4n) is 3.54. The van der Waals surface area contributed by atoms with Gasteiger partial charge in [-0.05, 0) is 44.2 Å². The zero-order valence-electron chi connectivity index (χ0n) is 17.6. The Morgan fingerprint density at radius 1 is 1.09 bits per heavy atom. The molecule has 2 N–H and O–H groups in total. The zero-order valence-corrected chi connectivity index (χ0v) is 17.6. The van der Waals surface area contributed by atoms with E-state index in [0.29, 0.717) is 29.3 Å². The van der Waals surface area contributed by atoms with Crippen LogP contribution in [-0.2, 0) is 13.5 Å². The molecule has 0 fully saturated rings. The van der Waals surface area contributed by atoms with E-state index >= 15 is 0 Å². The van der Waals surface area contributed by atoms with Crippen molar-refractivity contribution in [2.45, 2.75) is 26.6 Å². The lowest BCUT2D eigenvalue weighted by atomic mass is 10.0. The first-order chi connectivity index (χ1) is 15.1. The monoisotopic (exact) mass is 443 g/mol. The molecule has 0 aliphatic carbocycles. The molecule has 0 amide bonds. The second kappa shape index (κ2) is 7.98. The van der Waals surface area contributed by atoms with Crippen LogP contribution in [0.2, 0.25) is 0 Å². The molecule has 32 heavy (non-hydrogen) atoms. The maximum absolute atomic E-state index is 12.5. The van der Waals surface area contributed by atoms with Crippen LogP contribution in [-0.4, -0.2) is 38.0 Å². The predicted octanol–water partition coefficient (Wildman–Crippen LogP) is 3.91. The summed E-state index contributed by atoms with van der Waals surface area (Å²) in [6.45, 7) is 3.80. The van der Waals surface area contributed by atoms with E-state index in [-0.39, 0.29) is 11.6 Å². The van der Waals surface area contributed by atoms with Crippen molar-refractivity contribution in [3.8, 4) is 17.0 Å². The summed E-state index contributed by atoms with van der Waals surface area (Å²) in [4.78, 5) is 8.97. The molecule has 3 heterocycles. The van der Waals surface area contributed by atoms with E-state index in [0.717, 1.165) is 17.0 Å². The first-order valence-corrected chi connectivity index (χ1v) is 9.65. The fraction of sp³-hybridized carbons (Fsp3) is 0.238. The van der Waals surface area contributed by atoms with Crippen LogP contribution < -0.4 is 10.5 Å². The minimum atomic E-state index is -4.75. The molecule has 0 saturated heterocycles. The summed E-state index contributed by atoms with van der Waals surface area (Å²) in [6.07, 6.45) is -1.04. The Morgan fingerprint density at radius 3 is 2.44 bits per heavy atom. The molecular formula is C21H20F3N7O. The van der Waals surface area contributed by atoms with Gasteiger partial charge in [-0.3, -0.25) is 4.68 Å². The summed E-state index contributed by atoms with van der Waals surface area (Å²) in [5.74, 6) is 0.826. The van der Waals surface area contributed by atoms with E-state index in [1.54, 1.807) is 28.7 Å². The lowest BCUT2D eigenvalue weighted by Gasteiger charge is -2.10. The number of fused-ring (bicyclic) bond motifs is 1. The lowest BCUT2D eigenvalue weighted by molar-refractivity contribution is -0.274. The number of nitrogens with two attached hydrogens (primary N) is 1. The Kier molecular flexibility index (Phi) is 5.33. The molecule has 0 spiro atoms. The van der Waals surface area contributed by atoms with Crippen molar-refractivity contribution in [3.63, 3.8) is 0 Å². The second-order valence-corrected chi connectivity index (χ2v) is 7.24. The highest BCUT2D eigenvalue weighted by atomic mass is 19.4. The van der Waals surface area contributed by atoms with Crippen LogP contribution in [0.15, 0.2) is 46.4 Å². The molecule has 1 aliphatic rings. The van der Waals surface area contributed by atoms with Crippen LogP contribution in [0, 0.1) is 13.8 Å². The van der Waals surface area contributed by atoms with Gasteiger partial charge in [-0.2, -0.15) is 10.2 Å². The van der Waals surface area contributed by atoms with Gasteiger partial charge in [0.15, 0.2) is 11.6 Å². The van der Waals surface area contributed by atoms with Gasteiger partial charge in [0.05, 0.1) is 11.4 Å². The molecule has 1 aliphatic heterocycles. The number of alkyl halides is 3. The van der Waals surface area contributed by atoms with Crippen LogP contribution in [0.3, 0.4) is 0 Å². The number of aromatic nitrogens is 4. The van der Waals surface area contributed by atoms with E-state index in [2.05, 4.69) is 24.9 Å². The SMILES string of the molecule is Cc1cc(C)n(C2=CC(N)=Nc3nn(C)c(-c4ccc(OC(F)(F)F)cc4)c3CC=N2)n1. The maximum Gasteiger partial charge on any atom is 0.573 e. The van der Waals surface area contributed by atoms with Crippen molar-refractivity contribution in [2.75, 3.05) is 0 Å². The molecule has 0 atom stereocenters. The molecule has 0 bridgehead atoms. The smallest absolute Gasteiger partial charge is 0.406 e. The quantitative estimate of drug-likeness (QED) is 0.664. The van der Waals surface area contributed by atoms with Crippen molar-refractivity contribution < 1.29 is 17.9 Å². The van der Waals surface area contributed by atoms with Crippen LogP contribution in [0.25, 0.3) is 17.1 Å². The molecular weight excluding hydrogens is 423 g/mol. The zero-order chi connectivity index (χ0) is 23.0. The molecule has 4 rings (SSSR count). The normalized spacial score (nSPS) is 14.2. The number of amidine groups is 1. The van der Waals surface area contributed by atoms with Gasteiger partial charge < -0.3 is 10.5 Å². The van der Waals surface area contributed by atoms with Gasteiger partial charge in [-0.1, -0.05) is 0 Å². The van der Waals surface area contributed by atoms with Gasteiger partial charge in [0.25, 0.3) is 0 Å². The Hall–Kier alpha value is -3.89. The number of rotatable bonds is 3. The van der Waals surface area contributed by atoms with Crippen LogP contribution in [0.5, 0.6) is 5.75 Å². The average Bonchev–Trinajstić information content (AvgIpc) is 3.19. The van der Waals surface area contributed by atoms with Crippen molar-refractivity contribution in [3.05, 3.63) is 53.4 Å². The molecule has 0 saturated carbocycles. The minimum Gasteiger partial charge on any atom is -0.406 e. The molecule has 11 heteroatoms. The standard InChI is InChI=1S/C21H20F3N7O/c1-12-10-13(2)31(28-12)18-11-17(25)27-20-16(8-9-26-18)19(30(3)29-20)14-4-6-15(7-5-14)32-21(22,23)24/h4-7,9-11H,8H2,1-3H3,(H2,25,27,29). The van der Waals surface area contributed by atoms with Crippen molar-refractivity contribution in [1.82, 2.24) is 19.6 Å². The number of nitrogens with zero attached hydrogens (tertiary/aromatic N) is 6. The molecule has 0 radical (unpaired) electrons. The van der Waals surface area contributed by atoms with Crippen molar-refractivity contribution in [1.29, 1.82) is 0 Å². The first-order valence-electron chi connectivity index (χ1n) is 9.65. The molecule has 2 aromatic heterocycles. The third kappa shape index (κ3) is 4.41. The van der Waals surface area contributed by atoms with E-state index in [4.69, 9.17) is 5.73 Å². The lowest BCUT2D eigenvalue weighted by Crippen LogP contribution is -2.16. The number of ether oxygens (including phenoxy) is 1. The Bertz CT molecular complexity index is 1250. The van der Waals surface area contributed by atoms with Gasteiger partial charge >= 0.3 is 6.36 Å². The van der Waals surface area contributed by atoms with Crippen molar-refractivity contribution in [2.24, 2.45) is 22.8 Å². The van der Waals surface area contributed by atoms with Crippen LogP contribution >= 0.6 is 0 Å². The van der Waals surface area contributed by atoms with E-state index < -0.39 is 6.36 Å². The number of benzene rings is 1. The Labute approximate surface area is 181 Å². The third-order valence-electron chi connectivity index (χ3n) is 4.74. The predicted molar refractivity (Wildman–Crippen MR) is 115 cm³/mol. The van der Waals surface area contributed by atoms with Gasteiger partial charge in [0.2, 0.25) is 0 Å². The average molecular weight is 443 g/mol. The number of halogens is 3. The van der Waals surface area contributed by atoms with Crippen LogP contribution in [0.4, 0.5) is 19.0 Å². The second-order valence-electron chi connectivity index (χ2n) is 7.24. The van der Waals surface area contributed by atoms with Gasteiger partial charge in [-0.15, -0.1) is 13.2 Å². The number of hydrogen-bond acceptors (Lipinski definition) is 6. The van der Waals surface area contributed by atoms with Crippen LogP contribution in [0.1, 0.15) is 17.0 Å². The maximum atomic E-state index is 12.5. The van der Waals surface area contributed by atoms with E-state index in [9.17, 15) is 13.2 Å². The topological polar surface area (TPSA) is 95.6 Å². The number of aliphatic imine (C=N–C) groups is 2. The van der Waals surface area contributed by atoms with E-state index in [1.165, 1.54) is 24.3 Å². The Morgan fingerprint density at radius 2 is 1.81 bits per heavy atom. The molecule has 3 aromatic rings. The summed E-state index contributed by atoms with van der Waals surface area (Å²) in [7, 11) is 1.73. The highest BCUT2D eigenvalue weighted by Gasteiger charge is 2.31. The van der Waals surface area contributed by atoms with E-state index in [1.807, 2.05) is 19.9 Å². The Balaban J connectivity index is 1.71. The molecule has 8 nitrogen and oxygen atoms in total. The van der Waals surface area contributed by atoms with Gasteiger partial charge in [0, 0.05) is 42.6 Å². The summed E-state index contributed by atoms with van der Waals surface area (Å²) >= 11 is 0. The molecule has 1 aromatic carbocycles. The van der Waals surface area contributed by atoms with Gasteiger partial charge in [0.1, 0.15) is 11.6 Å². The highest BCUT2D eigenvalue weighted by Crippen LogP contribution is 2.33. The van der Waals surface area contributed by atoms with Gasteiger partial charge in [-0.25, -0.2) is 14.7 Å². The third-order valence-corrected chi connectivity index (χ3v) is 4.74.